The third-order valence-corrected chi connectivity index (χ3v) is 3.42. The number of hydrogen-bond acceptors (Lipinski definition) is 7. The largest absolute Gasteiger partial charge is 0.481 e. The van der Waals surface area contributed by atoms with Crippen molar-refractivity contribution in [1.82, 2.24) is 21.4 Å². The van der Waals surface area contributed by atoms with Gasteiger partial charge in [0.2, 0.25) is 5.88 Å². The van der Waals surface area contributed by atoms with Gasteiger partial charge in [0, 0.05) is 23.4 Å². The number of carboxylic acids is 1. The third-order valence-electron chi connectivity index (χ3n) is 3.42. The highest BCUT2D eigenvalue weighted by atomic mass is 16.5. The van der Waals surface area contributed by atoms with E-state index in [4.69, 9.17) is 14.6 Å². The molecule has 25 heavy (non-hydrogen) atoms. The fraction of sp³-hybridized carbons (Fsp3) is 0.176. The maximum Gasteiger partial charge on any atom is 0.327 e. The molecule has 128 valence electrons. The van der Waals surface area contributed by atoms with Crippen LogP contribution in [0.3, 0.4) is 0 Å². The molecule has 1 saturated heterocycles. The highest BCUT2D eigenvalue weighted by Gasteiger charge is 2.34. The van der Waals surface area contributed by atoms with Gasteiger partial charge in [-0.2, -0.15) is 5.53 Å². The minimum Gasteiger partial charge on any atom is -0.481 e. The zero-order chi connectivity index (χ0) is 17.6. The molecule has 4 N–H and O–H groups in total. The second kappa shape index (κ2) is 7.63. The molecular formula is C17H16N4O4. The van der Waals surface area contributed by atoms with Crippen LogP contribution in [0.1, 0.15) is 11.1 Å². The topological polar surface area (TPSA) is 105 Å². The maximum absolute atomic E-state index is 11.1. The fourth-order valence-electron chi connectivity index (χ4n) is 2.12. The zero-order valence-electron chi connectivity index (χ0n) is 13.3. The first-order valence-electron chi connectivity index (χ1n) is 7.43. The van der Waals surface area contributed by atoms with E-state index < -0.39 is 18.2 Å². The van der Waals surface area contributed by atoms with Crippen LogP contribution in [-0.4, -0.2) is 35.4 Å². The number of rotatable bonds is 4. The van der Waals surface area contributed by atoms with Gasteiger partial charge in [-0.25, -0.2) is 15.8 Å². The molecule has 0 saturated carbocycles. The lowest BCUT2D eigenvalue weighted by atomic mass is 10.2. The number of aliphatic carboxylic acids is 1. The fourth-order valence-corrected chi connectivity index (χ4v) is 2.12. The third kappa shape index (κ3) is 4.24. The van der Waals surface area contributed by atoms with E-state index in [-0.39, 0.29) is 0 Å². The molecule has 1 aliphatic heterocycles. The van der Waals surface area contributed by atoms with Gasteiger partial charge in [0.1, 0.15) is 5.75 Å². The van der Waals surface area contributed by atoms with E-state index in [9.17, 15) is 4.79 Å². The predicted octanol–water partition coefficient (Wildman–Crippen LogP) is 0.260. The van der Waals surface area contributed by atoms with E-state index in [0.717, 1.165) is 11.1 Å². The Bertz CT molecular complexity index is 796. The lowest BCUT2D eigenvalue weighted by Gasteiger charge is -2.16. The van der Waals surface area contributed by atoms with Gasteiger partial charge in [0.05, 0.1) is 7.11 Å². The number of pyridine rings is 1. The molecule has 0 amide bonds. The highest BCUT2D eigenvalue weighted by Crippen LogP contribution is 2.15. The molecule has 2 atom stereocenters. The molecule has 2 heterocycles. The predicted molar refractivity (Wildman–Crippen MR) is 88.5 cm³/mol. The molecule has 3 rings (SSSR count). The van der Waals surface area contributed by atoms with Gasteiger partial charge in [-0.15, -0.1) is 0 Å². The summed E-state index contributed by atoms with van der Waals surface area (Å²) in [7, 11) is 1.56. The molecule has 0 bridgehead atoms. The van der Waals surface area contributed by atoms with Crippen molar-refractivity contribution in [3.63, 3.8) is 0 Å². The second-order valence-electron chi connectivity index (χ2n) is 5.13. The number of aromatic nitrogens is 1. The number of benzene rings is 1. The Kier molecular flexibility index (Phi) is 5.11. The van der Waals surface area contributed by atoms with Gasteiger partial charge < -0.3 is 14.6 Å². The summed E-state index contributed by atoms with van der Waals surface area (Å²) >= 11 is 0. The van der Waals surface area contributed by atoms with Crippen LogP contribution in [0.4, 0.5) is 0 Å². The van der Waals surface area contributed by atoms with Crippen molar-refractivity contribution in [3.8, 4) is 23.5 Å². The summed E-state index contributed by atoms with van der Waals surface area (Å²) in [6, 6.07) is 9.74. The first-order chi connectivity index (χ1) is 12.2. The number of carboxylic acid groups (broad SMARTS) is 1. The van der Waals surface area contributed by atoms with Crippen LogP contribution < -0.4 is 25.9 Å². The normalized spacial score (nSPS) is 18.9. The van der Waals surface area contributed by atoms with Gasteiger partial charge in [0.15, 0.2) is 12.3 Å². The van der Waals surface area contributed by atoms with Crippen molar-refractivity contribution in [2.45, 2.75) is 12.3 Å². The van der Waals surface area contributed by atoms with Crippen LogP contribution in [0.25, 0.3) is 0 Å². The summed E-state index contributed by atoms with van der Waals surface area (Å²) in [6.45, 7) is 0. The SMILES string of the molecule is COc1ccc(C#Cc2ccc(OC3NNNC3C(=O)O)cc2)cn1. The van der Waals surface area contributed by atoms with Gasteiger partial charge in [0.25, 0.3) is 0 Å². The summed E-state index contributed by atoms with van der Waals surface area (Å²) in [5.74, 6) is 6.09. The van der Waals surface area contributed by atoms with Gasteiger partial charge in [-0.05, 0) is 30.3 Å². The zero-order valence-corrected chi connectivity index (χ0v) is 13.3. The van der Waals surface area contributed by atoms with Gasteiger partial charge in [-0.1, -0.05) is 11.8 Å². The Morgan fingerprint density at radius 2 is 1.84 bits per heavy atom. The second-order valence-corrected chi connectivity index (χ2v) is 5.13. The van der Waals surface area contributed by atoms with Crippen LogP contribution in [0, 0.1) is 11.8 Å². The Hall–Kier alpha value is -3.12. The number of methoxy groups -OCH3 is 1. The van der Waals surface area contributed by atoms with E-state index in [2.05, 4.69) is 33.2 Å². The van der Waals surface area contributed by atoms with Crippen molar-refractivity contribution < 1.29 is 19.4 Å². The molecule has 1 aliphatic rings. The van der Waals surface area contributed by atoms with Crippen molar-refractivity contribution in [2.24, 2.45) is 0 Å². The van der Waals surface area contributed by atoms with Crippen molar-refractivity contribution in [1.29, 1.82) is 0 Å². The van der Waals surface area contributed by atoms with Crippen molar-refractivity contribution in [3.05, 3.63) is 53.7 Å². The lowest BCUT2D eigenvalue weighted by molar-refractivity contribution is -0.141. The summed E-state index contributed by atoms with van der Waals surface area (Å²) in [5.41, 5.74) is 9.37. The number of nitrogens with one attached hydrogen (secondary N) is 3. The van der Waals surface area contributed by atoms with E-state index in [0.29, 0.717) is 11.6 Å². The molecule has 2 aromatic rings. The average Bonchev–Trinajstić information content (AvgIpc) is 3.10. The maximum atomic E-state index is 11.1. The number of nitrogens with zero attached hydrogens (tertiary/aromatic N) is 1. The number of carbonyl (C=O) groups is 1. The van der Waals surface area contributed by atoms with Crippen molar-refractivity contribution >= 4 is 5.97 Å². The first-order valence-corrected chi connectivity index (χ1v) is 7.43. The van der Waals surface area contributed by atoms with E-state index >= 15 is 0 Å². The molecule has 8 heteroatoms. The lowest BCUT2D eigenvalue weighted by Crippen LogP contribution is -2.44. The van der Waals surface area contributed by atoms with Gasteiger partial charge in [-0.3, -0.25) is 4.79 Å². The monoisotopic (exact) mass is 340 g/mol. The smallest absolute Gasteiger partial charge is 0.327 e. The molecule has 0 aliphatic carbocycles. The molecule has 0 radical (unpaired) electrons. The number of hydrogen-bond donors (Lipinski definition) is 4. The molecule has 1 aromatic heterocycles. The van der Waals surface area contributed by atoms with E-state index in [1.807, 2.05) is 6.07 Å². The molecule has 8 nitrogen and oxygen atoms in total. The minimum atomic E-state index is -1.02. The number of hydrazine groups is 2. The Labute approximate surface area is 144 Å². The number of ether oxygens (including phenoxy) is 2. The summed E-state index contributed by atoms with van der Waals surface area (Å²) in [4.78, 5) is 15.2. The average molecular weight is 340 g/mol. The Morgan fingerprint density at radius 3 is 2.48 bits per heavy atom. The first kappa shape index (κ1) is 16.7. The highest BCUT2D eigenvalue weighted by molar-refractivity contribution is 5.74. The van der Waals surface area contributed by atoms with Crippen LogP contribution in [0.2, 0.25) is 0 Å². The summed E-state index contributed by atoms with van der Waals surface area (Å²) in [6.07, 6.45) is 0.918. The van der Waals surface area contributed by atoms with E-state index in [1.165, 1.54) is 0 Å². The van der Waals surface area contributed by atoms with Crippen molar-refractivity contribution in [2.75, 3.05) is 7.11 Å². The standard InChI is InChI=1S/C17H16N4O4/c1-24-14-9-6-12(10-18-14)3-2-11-4-7-13(8-5-11)25-16-15(17(22)23)19-21-20-16/h4-10,15-16,19-21H,1H3,(H,22,23). The Balaban J connectivity index is 1.64. The van der Waals surface area contributed by atoms with Crippen LogP contribution in [0.15, 0.2) is 42.6 Å². The minimum absolute atomic E-state index is 0.533. The summed E-state index contributed by atoms with van der Waals surface area (Å²) < 4.78 is 10.6. The molecule has 1 fully saturated rings. The molecule has 0 spiro atoms. The Morgan fingerprint density at radius 1 is 1.12 bits per heavy atom. The van der Waals surface area contributed by atoms with Crippen LogP contribution in [0.5, 0.6) is 11.6 Å². The molecule has 1 aromatic carbocycles. The van der Waals surface area contributed by atoms with Crippen LogP contribution in [-0.2, 0) is 4.79 Å². The molecule has 2 unspecified atom stereocenters. The quantitative estimate of drug-likeness (QED) is 0.588. The van der Waals surface area contributed by atoms with E-state index in [1.54, 1.807) is 43.6 Å². The van der Waals surface area contributed by atoms with Gasteiger partial charge >= 0.3 is 5.97 Å². The summed E-state index contributed by atoms with van der Waals surface area (Å²) in [5, 5.41) is 9.06. The van der Waals surface area contributed by atoms with Crippen LogP contribution >= 0.6 is 0 Å². The molecular weight excluding hydrogens is 324 g/mol.